The minimum absolute atomic E-state index is 0.0286. The Morgan fingerprint density at radius 2 is 1.56 bits per heavy atom. The molecule has 0 fully saturated rings. The summed E-state index contributed by atoms with van der Waals surface area (Å²) in [5, 5.41) is 3.08. The van der Waals surface area contributed by atoms with Gasteiger partial charge in [-0.25, -0.2) is 0 Å². The minimum Gasteiger partial charge on any atom is -0.395 e. The molecule has 1 aliphatic rings. The maximum Gasteiger partial charge on any atom is 0.586 e. The van der Waals surface area contributed by atoms with Gasteiger partial charge in [0.2, 0.25) is 0 Å². The first kappa shape index (κ1) is 10.8. The number of alkyl halides is 2. The van der Waals surface area contributed by atoms with Crippen LogP contribution in [0.3, 0.4) is 0 Å². The largest absolute Gasteiger partial charge is 0.586 e. The van der Waals surface area contributed by atoms with Crippen molar-refractivity contribution in [3.05, 3.63) is 48.5 Å². The molecular weight excluding hydrogens is 240 g/mol. The normalized spacial score (nSPS) is 15.4. The van der Waals surface area contributed by atoms with Gasteiger partial charge in [0.15, 0.2) is 11.5 Å². The minimum atomic E-state index is -3.58. The number of rotatable bonds is 2. The Hall–Kier alpha value is -2.30. The van der Waals surface area contributed by atoms with Crippen molar-refractivity contribution in [2.45, 2.75) is 6.29 Å². The second-order valence-corrected chi connectivity index (χ2v) is 3.82. The average Bonchev–Trinajstić information content (AvgIpc) is 2.63. The van der Waals surface area contributed by atoms with E-state index in [0.717, 1.165) is 5.69 Å². The summed E-state index contributed by atoms with van der Waals surface area (Å²) in [6.45, 7) is 0. The second kappa shape index (κ2) is 3.87. The molecule has 3 nitrogen and oxygen atoms in total. The molecule has 0 atom stereocenters. The molecule has 0 aromatic heterocycles. The van der Waals surface area contributed by atoms with Gasteiger partial charge < -0.3 is 14.8 Å². The van der Waals surface area contributed by atoms with Crippen molar-refractivity contribution in [2.75, 3.05) is 5.32 Å². The Morgan fingerprint density at radius 3 is 2.33 bits per heavy atom. The van der Waals surface area contributed by atoms with E-state index in [1.807, 2.05) is 30.3 Å². The van der Waals surface area contributed by atoms with Gasteiger partial charge in [-0.05, 0) is 24.3 Å². The zero-order chi connectivity index (χ0) is 12.6. The maximum absolute atomic E-state index is 12.8. The maximum atomic E-state index is 12.8. The standard InChI is InChI=1S/C13H9F2NO2/c14-13(15)17-11-7-6-10(8-12(11)18-13)16-9-4-2-1-3-5-9/h1-8,16H. The Kier molecular flexibility index (Phi) is 2.33. The first-order chi connectivity index (χ1) is 8.62. The predicted molar refractivity (Wildman–Crippen MR) is 62.4 cm³/mol. The second-order valence-electron chi connectivity index (χ2n) is 3.82. The van der Waals surface area contributed by atoms with E-state index >= 15 is 0 Å². The zero-order valence-corrected chi connectivity index (χ0v) is 9.19. The molecule has 0 unspecified atom stereocenters. The SMILES string of the molecule is FC1(F)Oc2ccc(Nc3ccccc3)cc2O1. The monoisotopic (exact) mass is 249 g/mol. The molecule has 0 radical (unpaired) electrons. The van der Waals surface area contributed by atoms with Crippen molar-refractivity contribution in [3.8, 4) is 11.5 Å². The fraction of sp³-hybridized carbons (Fsp3) is 0.0769. The number of halogens is 2. The summed E-state index contributed by atoms with van der Waals surface area (Å²) in [6.07, 6.45) is -3.58. The highest BCUT2D eigenvalue weighted by Gasteiger charge is 2.43. The van der Waals surface area contributed by atoms with Crippen LogP contribution >= 0.6 is 0 Å². The van der Waals surface area contributed by atoms with Crippen LogP contribution in [0.5, 0.6) is 11.5 Å². The van der Waals surface area contributed by atoms with E-state index in [2.05, 4.69) is 14.8 Å². The van der Waals surface area contributed by atoms with Gasteiger partial charge in [0.05, 0.1) is 0 Å². The number of hydrogen-bond donors (Lipinski definition) is 1. The highest BCUT2D eigenvalue weighted by atomic mass is 19.3. The van der Waals surface area contributed by atoms with Crippen molar-refractivity contribution in [3.63, 3.8) is 0 Å². The fourth-order valence-electron chi connectivity index (χ4n) is 1.71. The van der Waals surface area contributed by atoms with Crippen LogP contribution in [0, 0.1) is 0 Å². The van der Waals surface area contributed by atoms with Gasteiger partial charge in [-0.2, -0.15) is 0 Å². The molecule has 0 bridgehead atoms. The van der Waals surface area contributed by atoms with Gasteiger partial charge >= 0.3 is 6.29 Å². The van der Waals surface area contributed by atoms with Crippen molar-refractivity contribution in [2.24, 2.45) is 0 Å². The number of anilines is 2. The van der Waals surface area contributed by atoms with Crippen LogP contribution in [0.25, 0.3) is 0 Å². The van der Waals surface area contributed by atoms with Crippen molar-refractivity contribution < 1.29 is 18.3 Å². The lowest BCUT2D eigenvalue weighted by molar-refractivity contribution is -0.286. The Morgan fingerprint density at radius 1 is 0.833 bits per heavy atom. The van der Waals surface area contributed by atoms with Crippen LogP contribution in [-0.2, 0) is 0 Å². The fourth-order valence-corrected chi connectivity index (χ4v) is 1.71. The van der Waals surface area contributed by atoms with Crippen LogP contribution < -0.4 is 14.8 Å². The van der Waals surface area contributed by atoms with E-state index in [-0.39, 0.29) is 11.5 Å². The molecule has 92 valence electrons. The van der Waals surface area contributed by atoms with Crippen LogP contribution in [0.4, 0.5) is 20.2 Å². The number of nitrogens with one attached hydrogen (secondary N) is 1. The first-order valence-electron chi connectivity index (χ1n) is 5.34. The van der Waals surface area contributed by atoms with Gasteiger partial charge in [0, 0.05) is 17.4 Å². The molecule has 3 rings (SSSR count). The number of hydrogen-bond acceptors (Lipinski definition) is 3. The number of ether oxygens (including phenoxy) is 2. The summed E-state index contributed by atoms with van der Waals surface area (Å²) in [4.78, 5) is 0. The summed E-state index contributed by atoms with van der Waals surface area (Å²) in [6, 6.07) is 14.0. The van der Waals surface area contributed by atoms with Gasteiger partial charge in [-0.15, -0.1) is 8.78 Å². The molecule has 5 heteroatoms. The smallest absolute Gasteiger partial charge is 0.395 e. The number of para-hydroxylation sites is 1. The Bertz CT molecular complexity index is 572. The van der Waals surface area contributed by atoms with E-state index in [1.165, 1.54) is 12.1 Å². The summed E-state index contributed by atoms with van der Waals surface area (Å²) >= 11 is 0. The third kappa shape index (κ3) is 2.07. The van der Waals surface area contributed by atoms with E-state index in [4.69, 9.17) is 0 Å². The molecule has 0 aliphatic carbocycles. The lowest BCUT2D eigenvalue weighted by Gasteiger charge is -2.06. The topological polar surface area (TPSA) is 30.5 Å². The third-order valence-electron chi connectivity index (χ3n) is 2.46. The lowest BCUT2D eigenvalue weighted by Crippen LogP contribution is -2.25. The molecule has 1 heterocycles. The lowest BCUT2D eigenvalue weighted by atomic mass is 10.2. The van der Waals surface area contributed by atoms with Crippen molar-refractivity contribution >= 4 is 11.4 Å². The molecule has 0 saturated carbocycles. The van der Waals surface area contributed by atoms with E-state index in [9.17, 15) is 8.78 Å². The highest BCUT2D eigenvalue weighted by molar-refractivity contribution is 5.63. The molecule has 0 saturated heterocycles. The number of fused-ring (bicyclic) bond motifs is 1. The predicted octanol–water partition coefficient (Wildman–Crippen LogP) is 3.75. The van der Waals surface area contributed by atoms with E-state index in [0.29, 0.717) is 5.69 Å². The summed E-state index contributed by atoms with van der Waals surface area (Å²) in [5.41, 5.74) is 1.52. The molecule has 0 spiro atoms. The first-order valence-corrected chi connectivity index (χ1v) is 5.34. The molecule has 1 N–H and O–H groups in total. The molecule has 2 aromatic rings. The summed E-state index contributed by atoms with van der Waals surface area (Å²) in [5.74, 6) is 0.0690. The van der Waals surface area contributed by atoms with Crippen molar-refractivity contribution in [1.82, 2.24) is 0 Å². The van der Waals surface area contributed by atoms with Crippen molar-refractivity contribution in [1.29, 1.82) is 0 Å². The quantitative estimate of drug-likeness (QED) is 0.879. The molecule has 1 aliphatic heterocycles. The van der Waals surface area contributed by atoms with Crippen LogP contribution in [0.1, 0.15) is 0 Å². The Labute approximate surface area is 102 Å². The average molecular weight is 249 g/mol. The Balaban J connectivity index is 1.85. The van der Waals surface area contributed by atoms with Gasteiger partial charge in [-0.1, -0.05) is 18.2 Å². The number of benzene rings is 2. The summed E-state index contributed by atoms with van der Waals surface area (Å²) in [7, 11) is 0. The zero-order valence-electron chi connectivity index (χ0n) is 9.19. The highest BCUT2D eigenvalue weighted by Crippen LogP contribution is 2.42. The van der Waals surface area contributed by atoms with E-state index < -0.39 is 6.29 Å². The molecular formula is C13H9F2NO2. The van der Waals surface area contributed by atoms with Gasteiger partial charge in [0.25, 0.3) is 0 Å². The molecule has 0 amide bonds. The molecule has 2 aromatic carbocycles. The third-order valence-corrected chi connectivity index (χ3v) is 2.46. The molecule has 18 heavy (non-hydrogen) atoms. The van der Waals surface area contributed by atoms with Gasteiger partial charge in [-0.3, -0.25) is 0 Å². The van der Waals surface area contributed by atoms with Crippen LogP contribution in [0.15, 0.2) is 48.5 Å². The summed E-state index contributed by atoms with van der Waals surface area (Å²) < 4.78 is 34.4. The van der Waals surface area contributed by atoms with Crippen LogP contribution in [0.2, 0.25) is 0 Å². The van der Waals surface area contributed by atoms with Gasteiger partial charge in [0.1, 0.15) is 0 Å². The van der Waals surface area contributed by atoms with Crippen LogP contribution in [-0.4, -0.2) is 6.29 Å². The van der Waals surface area contributed by atoms with E-state index in [1.54, 1.807) is 6.07 Å².